The van der Waals surface area contributed by atoms with Gasteiger partial charge in [0, 0.05) is 36.5 Å². The molecular weight excluding hydrogens is 306 g/mol. The Labute approximate surface area is 145 Å². The van der Waals surface area contributed by atoms with Crippen molar-refractivity contribution >= 4 is 23.4 Å². The fourth-order valence-electron chi connectivity index (χ4n) is 1.56. The summed E-state index contributed by atoms with van der Waals surface area (Å²) in [6.07, 6.45) is 4.62. The number of amides is 2. The maximum absolute atomic E-state index is 10.8. The van der Waals surface area contributed by atoms with E-state index in [1.807, 2.05) is 48.5 Å². The van der Waals surface area contributed by atoms with Crippen molar-refractivity contribution in [2.45, 2.75) is 60.9 Å². The highest BCUT2D eigenvalue weighted by Gasteiger charge is 2.25. The van der Waals surface area contributed by atoms with Gasteiger partial charge >= 0.3 is 0 Å². The average molecular weight is 337 g/mol. The number of carbonyl (C=O) groups excluding carboxylic acids is 4. The van der Waals surface area contributed by atoms with Gasteiger partial charge < -0.3 is 0 Å². The molecule has 0 atom stereocenters. The zero-order valence-corrected chi connectivity index (χ0v) is 16.0. The maximum atomic E-state index is 10.8. The molecule has 0 N–H and O–H groups in total. The first kappa shape index (κ1) is 24.2. The zero-order chi connectivity index (χ0) is 19.4. The highest BCUT2D eigenvalue weighted by molar-refractivity contribution is 6.13. The van der Waals surface area contributed by atoms with Gasteiger partial charge in [-0.25, -0.2) is 0 Å². The molecule has 0 saturated heterocycles. The van der Waals surface area contributed by atoms with E-state index in [0.29, 0.717) is 12.2 Å². The molecule has 2 amide bonds. The van der Waals surface area contributed by atoms with Gasteiger partial charge in [-0.2, -0.15) is 0 Å². The Hall–Kier alpha value is -2.04. The molecule has 0 unspecified atom stereocenters. The minimum absolute atomic E-state index is 0.0324. The molecular formula is C19H31NO4. The van der Waals surface area contributed by atoms with E-state index in [0.717, 1.165) is 0 Å². The Balaban J connectivity index is 0. The number of hydrogen-bond acceptors (Lipinski definition) is 4. The first-order valence-electron chi connectivity index (χ1n) is 8.23. The molecule has 0 aromatic carbocycles. The van der Waals surface area contributed by atoms with Crippen LogP contribution < -0.4 is 0 Å². The highest BCUT2D eigenvalue weighted by Crippen LogP contribution is 2.07. The Morgan fingerprint density at radius 3 is 1.50 bits per heavy atom. The lowest BCUT2D eigenvalue weighted by molar-refractivity contribution is -0.138. The number of allylic oxidation sites excluding steroid dienone is 1. The van der Waals surface area contributed by atoms with Crippen LogP contribution in [0, 0.1) is 11.8 Å². The lowest BCUT2D eigenvalue weighted by Gasteiger charge is -2.17. The Bertz CT molecular complexity index is 470. The molecule has 0 spiro atoms. The van der Waals surface area contributed by atoms with Crippen LogP contribution in [0.2, 0.25) is 0 Å². The fraction of sp³-hybridized carbons (Fsp3) is 0.579. The topological polar surface area (TPSA) is 71.5 Å². The van der Waals surface area contributed by atoms with Crippen molar-refractivity contribution < 1.29 is 19.2 Å². The van der Waals surface area contributed by atoms with E-state index in [2.05, 4.69) is 6.58 Å². The van der Waals surface area contributed by atoms with Crippen molar-refractivity contribution in [1.29, 1.82) is 0 Å². The summed E-state index contributed by atoms with van der Waals surface area (Å²) >= 11 is 0. The molecule has 24 heavy (non-hydrogen) atoms. The number of ketones is 2. The van der Waals surface area contributed by atoms with Crippen molar-refractivity contribution in [3.05, 3.63) is 24.8 Å². The summed E-state index contributed by atoms with van der Waals surface area (Å²) in [6, 6.07) is -0.0324. The Morgan fingerprint density at radius 1 is 1.00 bits per heavy atom. The zero-order valence-electron chi connectivity index (χ0n) is 16.0. The predicted molar refractivity (Wildman–Crippen MR) is 96.3 cm³/mol. The van der Waals surface area contributed by atoms with Gasteiger partial charge in [0.05, 0.1) is 0 Å². The van der Waals surface area contributed by atoms with Crippen molar-refractivity contribution in [3.63, 3.8) is 0 Å². The van der Waals surface area contributed by atoms with Gasteiger partial charge in [0.1, 0.15) is 5.78 Å². The monoisotopic (exact) mass is 337 g/mol. The first-order valence-corrected chi connectivity index (χ1v) is 8.23. The number of nitrogens with zero attached hydrogens (tertiary/aromatic N) is 1. The lowest BCUT2D eigenvalue weighted by Crippen LogP contribution is -2.36. The molecule has 5 nitrogen and oxygen atoms in total. The van der Waals surface area contributed by atoms with E-state index in [9.17, 15) is 19.2 Å². The van der Waals surface area contributed by atoms with Crippen LogP contribution in [0.4, 0.5) is 0 Å². The lowest BCUT2D eigenvalue weighted by atomic mass is 10.1. The second-order valence-electron chi connectivity index (χ2n) is 6.21. The predicted octanol–water partition coefficient (Wildman–Crippen LogP) is 3.34. The molecule has 0 fully saturated rings. The standard InChI is InChI=1S/C7H9NO2.C6H12O.C6H10O/c1-5(2)8-6(9)3-4-7(8)10;2*1-4-6(7)5(2)3/h3-5H,1-2H3;5H,4H2,1-3H3;4-5H,1H2,2-3H3. The van der Waals surface area contributed by atoms with E-state index in [4.69, 9.17) is 0 Å². The van der Waals surface area contributed by atoms with Crippen LogP contribution in [-0.2, 0) is 19.2 Å². The van der Waals surface area contributed by atoms with Crippen LogP contribution in [-0.4, -0.2) is 34.3 Å². The van der Waals surface area contributed by atoms with Gasteiger partial charge in [0.15, 0.2) is 5.78 Å². The highest BCUT2D eigenvalue weighted by atomic mass is 16.2. The van der Waals surface area contributed by atoms with E-state index < -0.39 is 0 Å². The second-order valence-corrected chi connectivity index (χ2v) is 6.21. The van der Waals surface area contributed by atoms with Gasteiger partial charge in [0.25, 0.3) is 11.8 Å². The van der Waals surface area contributed by atoms with Gasteiger partial charge in [-0.1, -0.05) is 41.2 Å². The average Bonchev–Trinajstić information content (AvgIpc) is 2.85. The quantitative estimate of drug-likeness (QED) is 0.570. The molecule has 0 aliphatic carbocycles. The van der Waals surface area contributed by atoms with Crippen molar-refractivity contribution in [2.75, 3.05) is 0 Å². The number of carbonyl (C=O) groups is 4. The number of imide groups is 1. The summed E-state index contributed by atoms with van der Waals surface area (Å²) in [5.74, 6) is 0.377. The minimum atomic E-state index is -0.208. The molecule has 0 bridgehead atoms. The normalized spacial score (nSPS) is 12.8. The smallest absolute Gasteiger partial charge is 0.253 e. The SMILES string of the molecule is C=CC(=O)C(C)C.CC(C)N1C(=O)C=CC1=O.CCC(=O)C(C)C. The van der Waals surface area contributed by atoms with E-state index in [1.165, 1.54) is 23.1 Å². The van der Waals surface area contributed by atoms with E-state index >= 15 is 0 Å². The van der Waals surface area contributed by atoms with Crippen LogP contribution in [0.15, 0.2) is 24.8 Å². The fourth-order valence-corrected chi connectivity index (χ4v) is 1.56. The largest absolute Gasteiger partial charge is 0.299 e. The number of Topliss-reactive ketones (excluding diaryl/α,β-unsaturated/α-hetero) is 1. The number of rotatable bonds is 5. The summed E-state index contributed by atoms with van der Waals surface area (Å²) in [5.41, 5.74) is 0. The summed E-state index contributed by atoms with van der Waals surface area (Å²) in [7, 11) is 0. The summed E-state index contributed by atoms with van der Waals surface area (Å²) < 4.78 is 0. The third-order valence-corrected chi connectivity index (χ3v) is 3.12. The molecule has 5 heteroatoms. The van der Waals surface area contributed by atoms with Crippen molar-refractivity contribution in [3.8, 4) is 0 Å². The summed E-state index contributed by atoms with van der Waals surface area (Å²) in [6.45, 7) is 16.4. The third-order valence-electron chi connectivity index (χ3n) is 3.12. The van der Waals surface area contributed by atoms with Crippen LogP contribution >= 0.6 is 0 Å². The van der Waals surface area contributed by atoms with Crippen LogP contribution in [0.1, 0.15) is 54.9 Å². The molecule has 1 aliphatic heterocycles. The Kier molecular flexibility index (Phi) is 12.5. The molecule has 0 radical (unpaired) electrons. The molecule has 0 saturated carbocycles. The molecule has 0 aromatic heterocycles. The van der Waals surface area contributed by atoms with Gasteiger partial charge in [0.2, 0.25) is 0 Å². The molecule has 136 valence electrons. The maximum Gasteiger partial charge on any atom is 0.253 e. The molecule has 0 aromatic rings. The van der Waals surface area contributed by atoms with Crippen LogP contribution in [0.5, 0.6) is 0 Å². The van der Waals surface area contributed by atoms with Crippen molar-refractivity contribution in [2.24, 2.45) is 11.8 Å². The third kappa shape index (κ3) is 9.87. The molecule has 1 heterocycles. The van der Waals surface area contributed by atoms with E-state index in [-0.39, 0.29) is 35.5 Å². The van der Waals surface area contributed by atoms with Gasteiger partial charge in [-0.15, -0.1) is 0 Å². The summed E-state index contributed by atoms with van der Waals surface area (Å²) in [4.78, 5) is 43.8. The second kappa shape index (κ2) is 12.4. The van der Waals surface area contributed by atoms with Gasteiger partial charge in [-0.05, 0) is 19.9 Å². The van der Waals surface area contributed by atoms with E-state index in [1.54, 1.807) is 0 Å². The van der Waals surface area contributed by atoms with Gasteiger partial charge in [-0.3, -0.25) is 24.1 Å². The first-order chi connectivity index (χ1) is 11.0. The number of hydrogen-bond donors (Lipinski definition) is 0. The Morgan fingerprint density at radius 2 is 1.42 bits per heavy atom. The minimum Gasteiger partial charge on any atom is -0.299 e. The summed E-state index contributed by atoms with van der Waals surface area (Å²) in [5, 5.41) is 0. The van der Waals surface area contributed by atoms with Crippen LogP contribution in [0.25, 0.3) is 0 Å². The molecule has 1 aliphatic rings. The van der Waals surface area contributed by atoms with Crippen LogP contribution in [0.3, 0.4) is 0 Å². The molecule has 1 rings (SSSR count). The van der Waals surface area contributed by atoms with Crippen molar-refractivity contribution in [1.82, 2.24) is 4.90 Å².